The number of carbonyl (C=O) groups excluding carboxylic acids is 1. The van der Waals surface area contributed by atoms with E-state index in [9.17, 15) is 4.79 Å². The summed E-state index contributed by atoms with van der Waals surface area (Å²) in [5, 5.41) is 17.2. The third-order valence-electron chi connectivity index (χ3n) is 3.74. The van der Waals surface area contributed by atoms with Crippen LogP contribution < -0.4 is 20.7 Å². The quantitative estimate of drug-likeness (QED) is 0.492. The summed E-state index contributed by atoms with van der Waals surface area (Å²) in [7, 11) is 0. The fourth-order valence-corrected chi connectivity index (χ4v) is 2.34. The Morgan fingerprint density at radius 2 is 1.68 bits per heavy atom. The van der Waals surface area contributed by atoms with E-state index in [1.54, 1.807) is 25.3 Å². The predicted molar refractivity (Wildman–Crippen MR) is 108 cm³/mol. The average Bonchev–Trinajstić information content (AvgIpc) is 2.73. The summed E-state index contributed by atoms with van der Waals surface area (Å²) in [6, 6.07) is 18.4. The number of carbonyl (C=O) groups is 1. The highest BCUT2D eigenvalue weighted by Gasteiger charge is 2.13. The Morgan fingerprint density at radius 3 is 2.39 bits per heavy atom. The van der Waals surface area contributed by atoms with Crippen molar-refractivity contribution in [3.63, 3.8) is 0 Å². The zero-order valence-electron chi connectivity index (χ0n) is 15.5. The van der Waals surface area contributed by atoms with Crippen LogP contribution in [0.5, 0.6) is 5.75 Å². The van der Waals surface area contributed by atoms with Crippen LogP contribution in [0.1, 0.15) is 6.92 Å². The summed E-state index contributed by atoms with van der Waals surface area (Å²) in [6.45, 7) is 2.68. The number of rotatable bonds is 9. The van der Waals surface area contributed by atoms with Gasteiger partial charge in [-0.25, -0.2) is 4.98 Å². The minimum absolute atomic E-state index is 0.174. The molecule has 1 unspecified atom stereocenters. The van der Waals surface area contributed by atoms with Crippen molar-refractivity contribution in [3.05, 3.63) is 66.9 Å². The van der Waals surface area contributed by atoms with Gasteiger partial charge in [0, 0.05) is 19.3 Å². The highest BCUT2D eigenvalue weighted by molar-refractivity contribution is 5.80. The van der Waals surface area contributed by atoms with E-state index in [1.165, 1.54) is 0 Å². The van der Waals surface area contributed by atoms with Crippen molar-refractivity contribution < 1.29 is 9.53 Å². The summed E-state index contributed by atoms with van der Waals surface area (Å²) >= 11 is 0. The van der Waals surface area contributed by atoms with Crippen LogP contribution in [0.25, 0.3) is 0 Å². The van der Waals surface area contributed by atoms with Gasteiger partial charge in [0.1, 0.15) is 17.4 Å². The number of amides is 1. The molecular formula is C20H22N6O2. The summed E-state index contributed by atoms with van der Waals surface area (Å²) in [4.78, 5) is 16.2. The van der Waals surface area contributed by atoms with Gasteiger partial charge in [-0.1, -0.05) is 24.3 Å². The van der Waals surface area contributed by atoms with Crippen molar-refractivity contribution in [2.24, 2.45) is 0 Å². The highest BCUT2D eigenvalue weighted by atomic mass is 16.5. The topological polar surface area (TPSA) is 101 Å². The molecule has 0 saturated carbocycles. The monoisotopic (exact) mass is 378 g/mol. The van der Waals surface area contributed by atoms with Gasteiger partial charge in [-0.2, -0.15) is 0 Å². The van der Waals surface area contributed by atoms with E-state index in [4.69, 9.17) is 4.74 Å². The van der Waals surface area contributed by atoms with Crippen molar-refractivity contribution in [3.8, 4) is 5.75 Å². The number of nitrogens with zero attached hydrogens (tertiary/aromatic N) is 3. The largest absolute Gasteiger partial charge is 0.481 e. The Hall–Kier alpha value is -3.68. The fourth-order valence-electron chi connectivity index (χ4n) is 2.34. The molecule has 0 radical (unpaired) electrons. The van der Waals surface area contributed by atoms with Crippen LogP contribution in [-0.4, -0.2) is 40.3 Å². The maximum absolute atomic E-state index is 12.1. The van der Waals surface area contributed by atoms with Crippen molar-refractivity contribution in [2.75, 3.05) is 23.7 Å². The van der Waals surface area contributed by atoms with E-state index in [1.807, 2.05) is 48.5 Å². The Morgan fingerprint density at radius 1 is 0.929 bits per heavy atom. The average molecular weight is 378 g/mol. The van der Waals surface area contributed by atoms with Gasteiger partial charge in [0.25, 0.3) is 5.91 Å². The minimum atomic E-state index is -0.570. The van der Waals surface area contributed by atoms with Crippen molar-refractivity contribution >= 4 is 23.4 Å². The van der Waals surface area contributed by atoms with E-state index in [0.717, 1.165) is 0 Å². The van der Waals surface area contributed by atoms with Crippen LogP contribution in [0.4, 0.5) is 17.5 Å². The number of pyridine rings is 1. The molecule has 0 aliphatic carbocycles. The van der Waals surface area contributed by atoms with Gasteiger partial charge in [0.05, 0.1) is 0 Å². The number of aromatic nitrogens is 3. The van der Waals surface area contributed by atoms with Crippen LogP contribution in [0.3, 0.4) is 0 Å². The zero-order chi connectivity index (χ0) is 19.6. The van der Waals surface area contributed by atoms with E-state index in [2.05, 4.69) is 31.1 Å². The van der Waals surface area contributed by atoms with Gasteiger partial charge >= 0.3 is 0 Å². The molecule has 1 amide bonds. The number of para-hydroxylation sites is 1. The minimum Gasteiger partial charge on any atom is -0.481 e. The van der Waals surface area contributed by atoms with E-state index >= 15 is 0 Å². The molecule has 144 valence electrons. The van der Waals surface area contributed by atoms with Crippen LogP contribution in [0.15, 0.2) is 66.9 Å². The highest BCUT2D eigenvalue weighted by Crippen LogP contribution is 2.12. The first kappa shape index (κ1) is 19.1. The molecule has 2 heterocycles. The van der Waals surface area contributed by atoms with Gasteiger partial charge in [-0.05, 0) is 43.3 Å². The van der Waals surface area contributed by atoms with E-state index in [-0.39, 0.29) is 5.91 Å². The molecule has 0 aliphatic heterocycles. The molecule has 1 atom stereocenters. The van der Waals surface area contributed by atoms with Gasteiger partial charge < -0.3 is 20.7 Å². The first-order valence-corrected chi connectivity index (χ1v) is 8.96. The lowest BCUT2D eigenvalue weighted by atomic mass is 10.3. The second-order valence-corrected chi connectivity index (χ2v) is 5.93. The molecule has 0 aliphatic rings. The SMILES string of the molecule is CC(Oc1ccccc1)C(=O)NCCNc1ccc(Nc2ccccn2)nn1. The third-order valence-corrected chi connectivity index (χ3v) is 3.74. The number of ether oxygens (including phenoxy) is 1. The lowest BCUT2D eigenvalue weighted by molar-refractivity contribution is -0.127. The molecule has 1 aromatic carbocycles. The van der Waals surface area contributed by atoms with Crippen LogP contribution in [-0.2, 0) is 4.79 Å². The molecule has 3 aromatic rings. The Kier molecular flexibility index (Phi) is 6.73. The normalized spacial score (nSPS) is 11.3. The van der Waals surface area contributed by atoms with Gasteiger partial charge in [-0.3, -0.25) is 4.79 Å². The number of hydrogen-bond donors (Lipinski definition) is 3. The lowest BCUT2D eigenvalue weighted by Crippen LogP contribution is -2.38. The molecule has 2 aromatic heterocycles. The van der Waals surface area contributed by atoms with Crippen LogP contribution >= 0.6 is 0 Å². The number of nitrogens with one attached hydrogen (secondary N) is 3. The Balaban J connectivity index is 1.37. The second kappa shape index (κ2) is 9.86. The van der Waals surface area contributed by atoms with Gasteiger partial charge in [0.2, 0.25) is 0 Å². The molecule has 8 heteroatoms. The number of hydrogen-bond acceptors (Lipinski definition) is 7. The third kappa shape index (κ3) is 5.94. The van der Waals surface area contributed by atoms with Crippen molar-refractivity contribution in [2.45, 2.75) is 13.0 Å². The first-order chi connectivity index (χ1) is 13.7. The van der Waals surface area contributed by atoms with E-state index in [0.29, 0.717) is 36.3 Å². The zero-order valence-corrected chi connectivity index (χ0v) is 15.5. The van der Waals surface area contributed by atoms with E-state index < -0.39 is 6.10 Å². The Labute approximate surface area is 163 Å². The molecule has 3 N–H and O–H groups in total. The molecule has 3 rings (SSSR count). The molecular weight excluding hydrogens is 356 g/mol. The molecule has 0 saturated heterocycles. The maximum atomic E-state index is 12.1. The molecule has 0 spiro atoms. The summed E-state index contributed by atoms with van der Waals surface area (Å²) in [6.07, 6.45) is 1.13. The van der Waals surface area contributed by atoms with Gasteiger partial charge in [-0.15, -0.1) is 10.2 Å². The maximum Gasteiger partial charge on any atom is 0.260 e. The molecule has 0 fully saturated rings. The summed E-state index contributed by atoms with van der Waals surface area (Å²) in [5.74, 6) is 2.41. The summed E-state index contributed by atoms with van der Waals surface area (Å²) in [5.41, 5.74) is 0. The molecule has 8 nitrogen and oxygen atoms in total. The first-order valence-electron chi connectivity index (χ1n) is 8.96. The van der Waals surface area contributed by atoms with Crippen LogP contribution in [0, 0.1) is 0 Å². The molecule has 28 heavy (non-hydrogen) atoms. The standard InChI is InChI=1S/C20H22N6O2/c1-15(28-16-7-3-2-4-8-16)20(27)23-14-13-22-18-10-11-19(26-25-18)24-17-9-5-6-12-21-17/h2-12,15H,13-14H2,1H3,(H,22,25)(H,23,27)(H,21,24,26). The second-order valence-electron chi connectivity index (χ2n) is 5.93. The predicted octanol–water partition coefficient (Wildman–Crippen LogP) is 2.61. The molecule has 0 bridgehead atoms. The number of benzene rings is 1. The fraction of sp³-hybridized carbons (Fsp3) is 0.200. The van der Waals surface area contributed by atoms with Crippen LogP contribution in [0.2, 0.25) is 0 Å². The summed E-state index contributed by atoms with van der Waals surface area (Å²) < 4.78 is 5.59. The lowest BCUT2D eigenvalue weighted by Gasteiger charge is -2.14. The Bertz CT molecular complexity index is 859. The van der Waals surface area contributed by atoms with Crippen molar-refractivity contribution in [1.29, 1.82) is 0 Å². The smallest absolute Gasteiger partial charge is 0.260 e. The van der Waals surface area contributed by atoms with Crippen molar-refractivity contribution in [1.82, 2.24) is 20.5 Å². The van der Waals surface area contributed by atoms with Gasteiger partial charge in [0.15, 0.2) is 11.9 Å². The number of anilines is 3.